The van der Waals surface area contributed by atoms with E-state index in [1.165, 1.54) is 64.2 Å². The molecule has 2 atom stereocenters. The lowest BCUT2D eigenvalue weighted by Gasteiger charge is -2.40. The number of rotatable bonds is 5. The highest BCUT2D eigenvalue weighted by Gasteiger charge is 2.33. The van der Waals surface area contributed by atoms with Gasteiger partial charge in [0.2, 0.25) is 0 Å². The third kappa shape index (κ3) is 3.48. The minimum atomic E-state index is 0.693. The zero-order valence-electron chi connectivity index (χ0n) is 12.4. The molecule has 0 aromatic carbocycles. The van der Waals surface area contributed by atoms with Gasteiger partial charge in [0.05, 0.1) is 0 Å². The van der Waals surface area contributed by atoms with Crippen LogP contribution in [0.5, 0.6) is 0 Å². The quantitative estimate of drug-likeness (QED) is 0.784. The molecule has 2 saturated carbocycles. The first-order chi connectivity index (χ1) is 8.86. The minimum absolute atomic E-state index is 0.693. The molecule has 0 bridgehead atoms. The van der Waals surface area contributed by atoms with E-state index in [1.807, 2.05) is 0 Å². The van der Waals surface area contributed by atoms with Crippen molar-refractivity contribution in [2.45, 2.75) is 76.3 Å². The largest absolute Gasteiger partial charge is 0.315 e. The fourth-order valence-electron chi connectivity index (χ4n) is 4.40. The van der Waals surface area contributed by atoms with E-state index in [1.54, 1.807) is 0 Å². The van der Waals surface area contributed by atoms with Crippen molar-refractivity contribution in [2.75, 3.05) is 14.1 Å². The molecule has 2 fully saturated rings. The second-order valence-corrected chi connectivity index (χ2v) is 6.43. The van der Waals surface area contributed by atoms with Crippen LogP contribution in [0.1, 0.15) is 64.2 Å². The number of likely N-dealkylation sites (N-methyl/N-ethyl adjacent to an activating group) is 2. The van der Waals surface area contributed by atoms with Crippen molar-refractivity contribution in [3.63, 3.8) is 0 Å². The fourth-order valence-corrected chi connectivity index (χ4v) is 4.40. The summed E-state index contributed by atoms with van der Waals surface area (Å²) >= 11 is 0. The summed E-state index contributed by atoms with van der Waals surface area (Å²) in [5, 5.41) is 7.32. The summed E-state index contributed by atoms with van der Waals surface area (Å²) < 4.78 is 0. The van der Waals surface area contributed by atoms with Crippen LogP contribution in [0.4, 0.5) is 0 Å². The molecule has 0 heterocycles. The van der Waals surface area contributed by atoms with Gasteiger partial charge in [-0.25, -0.2) is 0 Å². The predicted molar refractivity (Wildman–Crippen MR) is 78.8 cm³/mol. The van der Waals surface area contributed by atoms with E-state index < -0.39 is 0 Å². The summed E-state index contributed by atoms with van der Waals surface area (Å²) in [6, 6.07) is 1.39. The van der Waals surface area contributed by atoms with E-state index in [9.17, 15) is 0 Å². The van der Waals surface area contributed by atoms with Gasteiger partial charge >= 0.3 is 0 Å². The zero-order chi connectivity index (χ0) is 12.8. The maximum absolute atomic E-state index is 3.66. The molecule has 18 heavy (non-hydrogen) atoms. The van der Waals surface area contributed by atoms with Crippen molar-refractivity contribution in [1.29, 1.82) is 0 Å². The molecule has 2 N–H and O–H groups in total. The van der Waals surface area contributed by atoms with Crippen LogP contribution in [0.25, 0.3) is 0 Å². The van der Waals surface area contributed by atoms with Gasteiger partial charge in [0.15, 0.2) is 0 Å². The average molecular weight is 252 g/mol. The third-order valence-electron chi connectivity index (χ3n) is 5.37. The van der Waals surface area contributed by atoms with Gasteiger partial charge in [0.25, 0.3) is 0 Å². The summed E-state index contributed by atoms with van der Waals surface area (Å²) in [4.78, 5) is 0. The zero-order valence-corrected chi connectivity index (χ0v) is 12.4. The Morgan fingerprint density at radius 1 is 0.611 bits per heavy atom. The lowest BCUT2D eigenvalue weighted by Crippen LogP contribution is -2.54. The van der Waals surface area contributed by atoms with Crippen LogP contribution < -0.4 is 10.6 Å². The first-order valence-corrected chi connectivity index (χ1v) is 8.21. The topological polar surface area (TPSA) is 24.1 Å². The van der Waals surface area contributed by atoms with Crippen LogP contribution in [0.15, 0.2) is 0 Å². The Labute approximate surface area is 113 Å². The molecule has 0 aromatic rings. The van der Waals surface area contributed by atoms with Crippen molar-refractivity contribution in [3.05, 3.63) is 0 Å². The van der Waals surface area contributed by atoms with Gasteiger partial charge in [0, 0.05) is 12.1 Å². The van der Waals surface area contributed by atoms with E-state index in [0.717, 1.165) is 11.8 Å². The molecule has 0 radical (unpaired) electrons. The summed E-state index contributed by atoms with van der Waals surface area (Å²) in [6.45, 7) is 0. The van der Waals surface area contributed by atoms with E-state index in [2.05, 4.69) is 24.7 Å². The van der Waals surface area contributed by atoms with Crippen molar-refractivity contribution >= 4 is 0 Å². The van der Waals surface area contributed by atoms with Gasteiger partial charge in [-0.2, -0.15) is 0 Å². The monoisotopic (exact) mass is 252 g/mol. The summed E-state index contributed by atoms with van der Waals surface area (Å²) in [6.07, 6.45) is 14.5. The first kappa shape index (κ1) is 14.3. The molecular weight excluding hydrogens is 220 g/mol. The van der Waals surface area contributed by atoms with Crippen LogP contribution in [-0.4, -0.2) is 26.2 Å². The molecule has 0 aromatic heterocycles. The molecule has 2 nitrogen and oxygen atoms in total. The van der Waals surface area contributed by atoms with Gasteiger partial charge in [-0.3, -0.25) is 0 Å². The molecule has 2 aliphatic carbocycles. The summed E-state index contributed by atoms with van der Waals surface area (Å²) in [7, 11) is 4.35. The highest BCUT2D eigenvalue weighted by Crippen LogP contribution is 2.33. The number of nitrogens with one attached hydrogen (secondary N) is 2. The second-order valence-electron chi connectivity index (χ2n) is 6.43. The van der Waals surface area contributed by atoms with Crippen LogP contribution in [-0.2, 0) is 0 Å². The lowest BCUT2D eigenvalue weighted by molar-refractivity contribution is 0.170. The van der Waals surface area contributed by atoms with E-state index in [0.29, 0.717) is 12.1 Å². The van der Waals surface area contributed by atoms with Crippen molar-refractivity contribution in [2.24, 2.45) is 11.8 Å². The van der Waals surface area contributed by atoms with Crippen LogP contribution in [0.2, 0.25) is 0 Å². The fraction of sp³-hybridized carbons (Fsp3) is 1.00. The highest BCUT2D eigenvalue weighted by molar-refractivity contribution is 4.92. The Bertz CT molecular complexity index is 193. The molecule has 0 saturated heterocycles. The van der Waals surface area contributed by atoms with Gasteiger partial charge in [-0.15, -0.1) is 0 Å². The van der Waals surface area contributed by atoms with Gasteiger partial charge < -0.3 is 10.6 Å². The third-order valence-corrected chi connectivity index (χ3v) is 5.37. The molecule has 2 aliphatic rings. The van der Waals surface area contributed by atoms with Crippen LogP contribution in [0, 0.1) is 11.8 Å². The molecule has 0 amide bonds. The summed E-state index contributed by atoms with van der Waals surface area (Å²) in [5.74, 6) is 1.81. The number of hydrogen-bond acceptors (Lipinski definition) is 2. The molecule has 106 valence electrons. The Hall–Kier alpha value is -0.0800. The van der Waals surface area contributed by atoms with Gasteiger partial charge in [-0.05, 0) is 51.6 Å². The van der Waals surface area contributed by atoms with E-state index in [4.69, 9.17) is 0 Å². The van der Waals surface area contributed by atoms with E-state index in [-0.39, 0.29) is 0 Å². The Morgan fingerprint density at radius 3 is 1.22 bits per heavy atom. The van der Waals surface area contributed by atoms with Crippen molar-refractivity contribution in [1.82, 2.24) is 10.6 Å². The molecule has 2 heteroatoms. The van der Waals surface area contributed by atoms with Gasteiger partial charge in [0.1, 0.15) is 0 Å². The normalized spacial score (nSPS) is 27.0. The Balaban J connectivity index is 1.97. The highest BCUT2D eigenvalue weighted by atomic mass is 15.0. The smallest absolute Gasteiger partial charge is 0.0248 e. The minimum Gasteiger partial charge on any atom is -0.315 e. The average Bonchev–Trinajstić information content (AvgIpc) is 2.46. The van der Waals surface area contributed by atoms with E-state index >= 15 is 0 Å². The molecule has 2 unspecified atom stereocenters. The Morgan fingerprint density at radius 2 is 0.944 bits per heavy atom. The summed E-state index contributed by atoms with van der Waals surface area (Å²) in [5.41, 5.74) is 0. The number of hydrogen-bond donors (Lipinski definition) is 2. The maximum Gasteiger partial charge on any atom is 0.0248 e. The van der Waals surface area contributed by atoms with Crippen LogP contribution in [0.3, 0.4) is 0 Å². The Kier molecular flexibility index (Phi) is 5.97. The maximum atomic E-state index is 3.66. The molecular formula is C16H32N2. The first-order valence-electron chi connectivity index (χ1n) is 8.21. The SMILES string of the molecule is CNC(C1CCCCC1)C(NC)C1CCCCC1. The molecule has 0 spiro atoms. The van der Waals surface area contributed by atoms with Gasteiger partial charge in [-0.1, -0.05) is 38.5 Å². The van der Waals surface area contributed by atoms with Crippen molar-refractivity contribution < 1.29 is 0 Å². The van der Waals surface area contributed by atoms with Crippen LogP contribution >= 0.6 is 0 Å². The van der Waals surface area contributed by atoms with Crippen molar-refractivity contribution in [3.8, 4) is 0 Å². The standard InChI is InChI=1S/C16H32N2/c1-17-15(13-9-5-3-6-10-13)16(18-2)14-11-7-4-8-12-14/h13-18H,3-12H2,1-2H3. The molecule has 2 rings (SSSR count). The molecule has 0 aliphatic heterocycles. The lowest BCUT2D eigenvalue weighted by atomic mass is 9.74. The second kappa shape index (κ2) is 7.49. The predicted octanol–water partition coefficient (Wildman–Crippen LogP) is 3.32.